The summed E-state index contributed by atoms with van der Waals surface area (Å²) < 4.78 is 10.7. The predicted molar refractivity (Wildman–Crippen MR) is 101 cm³/mol. The van der Waals surface area contributed by atoms with Crippen molar-refractivity contribution in [2.24, 2.45) is 0 Å². The molecule has 0 aliphatic heterocycles. The number of anilines is 1. The largest absolute Gasteiger partial charge is 0.493 e. The van der Waals surface area contributed by atoms with Crippen LogP contribution in [0.15, 0.2) is 54.6 Å². The van der Waals surface area contributed by atoms with Crippen molar-refractivity contribution in [3.8, 4) is 11.5 Å². The summed E-state index contributed by atoms with van der Waals surface area (Å²) in [4.78, 5) is 23.8. The van der Waals surface area contributed by atoms with Gasteiger partial charge in [-0.3, -0.25) is 9.59 Å². The third-order valence-corrected chi connectivity index (χ3v) is 3.40. The van der Waals surface area contributed by atoms with Crippen LogP contribution in [0.1, 0.15) is 12.5 Å². The summed E-state index contributed by atoms with van der Waals surface area (Å²) in [6.45, 7) is 2.27. The van der Waals surface area contributed by atoms with Gasteiger partial charge in [-0.15, -0.1) is 0 Å². The molecular weight excluding hydrogens is 332 g/mol. The van der Waals surface area contributed by atoms with Gasteiger partial charge in [0.2, 0.25) is 11.8 Å². The fraction of sp³-hybridized carbons (Fsp3) is 0.200. The highest BCUT2D eigenvalue weighted by Gasteiger charge is 2.08. The van der Waals surface area contributed by atoms with Gasteiger partial charge in [0.05, 0.1) is 20.3 Å². The molecule has 2 aromatic rings. The average Bonchev–Trinajstić information content (AvgIpc) is 2.67. The molecule has 2 amide bonds. The van der Waals surface area contributed by atoms with Gasteiger partial charge in [-0.1, -0.05) is 30.3 Å². The molecule has 0 aliphatic carbocycles. The van der Waals surface area contributed by atoms with E-state index in [9.17, 15) is 9.59 Å². The molecule has 0 radical (unpaired) electrons. The van der Waals surface area contributed by atoms with Crippen LogP contribution >= 0.6 is 0 Å². The predicted octanol–water partition coefficient (Wildman–Crippen LogP) is 2.86. The molecule has 0 unspecified atom stereocenters. The summed E-state index contributed by atoms with van der Waals surface area (Å²) in [7, 11) is 1.53. The van der Waals surface area contributed by atoms with E-state index in [1.54, 1.807) is 24.3 Å². The number of methoxy groups -OCH3 is 1. The van der Waals surface area contributed by atoms with E-state index in [-0.39, 0.29) is 18.4 Å². The minimum Gasteiger partial charge on any atom is -0.493 e. The number of ether oxygens (including phenoxy) is 2. The standard InChI is InChI=1S/C20H22N2O4/c1-3-26-17-11-10-16(13-18(17)25-2)22-20(24)14-21-19(23)12-9-15-7-5-4-6-8-15/h4-13H,3,14H2,1-2H3,(H,21,23)(H,22,24)/b12-9+. The first-order valence-electron chi connectivity index (χ1n) is 8.24. The fourth-order valence-electron chi connectivity index (χ4n) is 2.19. The zero-order valence-corrected chi connectivity index (χ0v) is 14.8. The number of carbonyl (C=O) groups is 2. The lowest BCUT2D eigenvalue weighted by molar-refractivity contribution is -0.121. The van der Waals surface area contributed by atoms with Crippen LogP contribution in [0.3, 0.4) is 0 Å². The third-order valence-electron chi connectivity index (χ3n) is 3.40. The molecule has 0 atom stereocenters. The highest BCUT2D eigenvalue weighted by Crippen LogP contribution is 2.30. The molecule has 0 saturated carbocycles. The van der Waals surface area contributed by atoms with E-state index in [4.69, 9.17) is 9.47 Å². The Hall–Kier alpha value is -3.28. The molecule has 136 valence electrons. The molecule has 0 bridgehead atoms. The van der Waals surface area contributed by atoms with Crippen molar-refractivity contribution in [2.75, 3.05) is 25.6 Å². The summed E-state index contributed by atoms with van der Waals surface area (Å²) in [6.07, 6.45) is 3.08. The lowest BCUT2D eigenvalue weighted by atomic mass is 10.2. The van der Waals surface area contributed by atoms with Gasteiger partial charge in [0, 0.05) is 17.8 Å². The number of rotatable bonds is 8. The topological polar surface area (TPSA) is 76.7 Å². The number of hydrogen-bond donors (Lipinski definition) is 2. The summed E-state index contributed by atoms with van der Waals surface area (Å²) in [5.74, 6) is 0.456. The van der Waals surface area contributed by atoms with Crippen LogP contribution in [-0.4, -0.2) is 32.1 Å². The van der Waals surface area contributed by atoms with Crippen molar-refractivity contribution in [2.45, 2.75) is 6.92 Å². The highest BCUT2D eigenvalue weighted by atomic mass is 16.5. The summed E-state index contributed by atoms with van der Waals surface area (Å²) in [6, 6.07) is 14.5. The molecule has 26 heavy (non-hydrogen) atoms. The second kappa shape index (κ2) is 9.88. The highest BCUT2D eigenvalue weighted by molar-refractivity contribution is 5.98. The van der Waals surface area contributed by atoms with E-state index in [0.717, 1.165) is 5.56 Å². The molecule has 6 heteroatoms. The van der Waals surface area contributed by atoms with Crippen LogP contribution in [0.5, 0.6) is 11.5 Å². The SMILES string of the molecule is CCOc1ccc(NC(=O)CNC(=O)/C=C/c2ccccc2)cc1OC. The Morgan fingerprint density at radius 2 is 1.85 bits per heavy atom. The molecule has 0 aromatic heterocycles. The quantitative estimate of drug-likeness (QED) is 0.715. The van der Waals surface area contributed by atoms with Crippen molar-refractivity contribution in [3.05, 3.63) is 60.2 Å². The second-order valence-corrected chi connectivity index (χ2v) is 5.31. The number of carbonyl (C=O) groups excluding carboxylic acids is 2. The van der Waals surface area contributed by atoms with Gasteiger partial charge in [0.25, 0.3) is 0 Å². The third kappa shape index (κ3) is 5.98. The second-order valence-electron chi connectivity index (χ2n) is 5.31. The van der Waals surface area contributed by atoms with E-state index < -0.39 is 0 Å². The fourth-order valence-corrected chi connectivity index (χ4v) is 2.19. The monoisotopic (exact) mass is 354 g/mol. The molecule has 0 fully saturated rings. The van der Waals surface area contributed by atoms with Crippen LogP contribution < -0.4 is 20.1 Å². The van der Waals surface area contributed by atoms with E-state index in [0.29, 0.717) is 23.8 Å². The summed E-state index contributed by atoms with van der Waals surface area (Å²) in [5.41, 5.74) is 1.47. The van der Waals surface area contributed by atoms with Gasteiger partial charge < -0.3 is 20.1 Å². The minimum absolute atomic E-state index is 0.131. The minimum atomic E-state index is -0.340. The van der Waals surface area contributed by atoms with Gasteiger partial charge in [0.15, 0.2) is 11.5 Å². The van der Waals surface area contributed by atoms with Crippen LogP contribution in [0.4, 0.5) is 5.69 Å². The zero-order valence-electron chi connectivity index (χ0n) is 14.8. The first-order valence-corrected chi connectivity index (χ1v) is 8.24. The molecule has 2 rings (SSSR count). The Kier molecular flexibility index (Phi) is 7.24. The van der Waals surface area contributed by atoms with Gasteiger partial charge >= 0.3 is 0 Å². The molecule has 2 aromatic carbocycles. The first-order chi connectivity index (χ1) is 12.6. The van der Waals surface area contributed by atoms with Crippen molar-refractivity contribution in [3.63, 3.8) is 0 Å². The summed E-state index contributed by atoms with van der Waals surface area (Å²) >= 11 is 0. The van der Waals surface area contributed by atoms with Crippen LogP contribution in [0.25, 0.3) is 6.08 Å². The van der Waals surface area contributed by atoms with E-state index in [1.807, 2.05) is 37.3 Å². The zero-order chi connectivity index (χ0) is 18.8. The maximum atomic E-state index is 12.0. The normalized spacial score (nSPS) is 10.4. The maximum Gasteiger partial charge on any atom is 0.244 e. The van der Waals surface area contributed by atoms with Crippen LogP contribution in [-0.2, 0) is 9.59 Å². The molecule has 0 saturated heterocycles. The molecule has 0 heterocycles. The molecular formula is C20H22N2O4. The molecule has 0 aliphatic rings. The van der Waals surface area contributed by atoms with E-state index in [1.165, 1.54) is 13.2 Å². The van der Waals surface area contributed by atoms with Crippen LogP contribution in [0.2, 0.25) is 0 Å². The van der Waals surface area contributed by atoms with E-state index in [2.05, 4.69) is 10.6 Å². The van der Waals surface area contributed by atoms with Gasteiger partial charge in [0.1, 0.15) is 0 Å². The Morgan fingerprint density at radius 3 is 2.54 bits per heavy atom. The van der Waals surface area contributed by atoms with Crippen molar-refractivity contribution >= 4 is 23.6 Å². The Balaban J connectivity index is 1.84. The van der Waals surface area contributed by atoms with Crippen molar-refractivity contribution in [1.29, 1.82) is 0 Å². The molecule has 0 spiro atoms. The van der Waals surface area contributed by atoms with Crippen molar-refractivity contribution in [1.82, 2.24) is 5.32 Å². The number of hydrogen-bond acceptors (Lipinski definition) is 4. The van der Waals surface area contributed by atoms with Gasteiger partial charge in [-0.2, -0.15) is 0 Å². The Labute approximate surface area is 152 Å². The Bertz CT molecular complexity index is 773. The lowest BCUT2D eigenvalue weighted by Gasteiger charge is -2.11. The van der Waals surface area contributed by atoms with Crippen LogP contribution in [0, 0.1) is 0 Å². The summed E-state index contributed by atoms with van der Waals surface area (Å²) in [5, 5.41) is 5.24. The Morgan fingerprint density at radius 1 is 1.08 bits per heavy atom. The van der Waals surface area contributed by atoms with Crippen molar-refractivity contribution < 1.29 is 19.1 Å². The number of amides is 2. The lowest BCUT2D eigenvalue weighted by Crippen LogP contribution is -2.31. The number of benzene rings is 2. The van der Waals surface area contributed by atoms with Gasteiger partial charge in [-0.05, 0) is 30.7 Å². The smallest absolute Gasteiger partial charge is 0.244 e. The average molecular weight is 354 g/mol. The molecule has 2 N–H and O–H groups in total. The van der Waals surface area contributed by atoms with E-state index >= 15 is 0 Å². The number of nitrogens with one attached hydrogen (secondary N) is 2. The first kappa shape index (κ1) is 19.1. The van der Waals surface area contributed by atoms with Gasteiger partial charge in [-0.25, -0.2) is 0 Å². The maximum absolute atomic E-state index is 12.0. The molecule has 6 nitrogen and oxygen atoms in total.